The van der Waals surface area contributed by atoms with Gasteiger partial charge in [-0.1, -0.05) is 31.2 Å². The summed E-state index contributed by atoms with van der Waals surface area (Å²) in [4.78, 5) is 23.6. The molecule has 2 fully saturated rings. The van der Waals surface area contributed by atoms with E-state index >= 15 is 0 Å². The van der Waals surface area contributed by atoms with Crippen LogP contribution in [-0.2, 0) is 11.2 Å². The smallest absolute Gasteiger partial charge is 0.290 e. The van der Waals surface area contributed by atoms with Crippen molar-refractivity contribution in [2.24, 2.45) is 21.8 Å². The van der Waals surface area contributed by atoms with Crippen LogP contribution in [-0.4, -0.2) is 47.2 Å². The molecule has 1 aromatic carbocycles. The number of aryl methyl sites for hydroxylation is 1. The van der Waals surface area contributed by atoms with Gasteiger partial charge in [0.15, 0.2) is 0 Å². The molecule has 0 bridgehead atoms. The maximum absolute atomic E-state index is 12.9. The van der Waals surface area contributed by atoms with Gasteiger partial charge >= 0.3 is 0 Å². The fourth-order valence-electron chi connectivity index (χ4n) is 5.09. The van der Waals surface area contributed by atoms with Crippen LogP contribution in [0.3, 0.4) is 0 Å². The lowest BCUT2D eigenvalue weighted by molar-refractivity contribution is -0.123. The van der Waals surface area contributed by atoms with Gasteiger partial charge in [0, 0.05) is 25.5 Å². The Kier molecular flexibility index (Phi) is 3.99. The maximum Gasteiger partial charge on any atom is 0.290 e. The molecule has 140 valence electrons. The highest BCUT2D eigenvalue weighted by atomic mass is 16.2. The summed E-state index contributed by atoms with van der Waals surface area (Å²) in [6.07, 6.45) is 8.53. The SMILES string of the molecule is CCc1ccccc1C1C[C@@H]2CN(C(=O)C3=NC4N=CC=CN4N3)C[C@@H]2C1. The number of fused-ring (bicyclic) bond motifs is 2. The first kappa shape index (κ1) is 16.5. The summed E-state index contributed by atoms with van der Waals surface area (Å²) in [5.41, 5.74) is 6.08. The van der Waals surface area contributed by atoms with Gasteiger partial charge in [0.1, 0.15) is 0 Å². The van der Waals surface area contributed by atoms with Crippen molar-refractivity contribution < 1.29 is 4.79 Å². The van der Waals surface area contributed by atoms with E-state index in [0.29, 0.717) is 23.6 Å². The van der Waals surface area contributed by atoms with Crippen molar-refractivity contribution in [3.05, 3.63) is 47.7 Å². The van der Waals surface area contributed by atoms with E-state index in [2.05, 4.69) is 46.6 Å². The molecule has 3 heterocycles. The molecule has 1 aromatic rings. The molecule has 0 spiro atoms. The third-order valence-corrected chi connectivity index (χ3v) is 6.40. The number of hydrogen-bond donors (Lipinski definition) is 1. The Morgan fingerprint density at radius 3 is 2.74 bits per heavy atom. The Labute approximate surface area is 159 Å². The normalized spacial score (nSPS) is 30.9. The quantitative estimate of drug-likeness (QED) is 0.896. The predicted molar refractivity (Wildman–Crippen MR) is 105 cm³/mol. The molecule has 27 heavy (non-hydrogen) atoms. The number of aliphatic imine (C=N–C) groups is 2. The van der Waals surface area contributed by atoms with E-state index in [4.69, 9.17) is 0 Å². The molecule has 0 aromatic heterocycles. The summed E-state index contributed by atoms with van der Waals surface area (Å²) in [6.45, 7) is 3.93. The van der Waals surface area contributed by atoms with Gasteiger partial charge in [0.25, 0.3) is 5.91 Å². The molecule has 4 aliphatic rings. The highest BCUT2D eigenvalue weighted by Gasteiger charge is 2.44. The molecule has 1 N–H and O–H groups in total. The molecule has 3 aliphatic heterocycles. The van der Waals surface area contributed by atoms with Gasteiger partial charge in [-0.05, 0) is 54.2 Å². The van der Waals surface area contributed by atoms with Gasteiger partial charge in [-0.3, -0.25) is 10.2 Å². The van der Waals surface area contributed by atoms with Crippen LogP contribution in [0.5, 0.6) is 0 Å². The van der Waals surface area contributed by atoms with Crippen molar-refractivity contribution in [2.75, 3.05) is 13.1 Å². The van der Waals surface area contributed by atoms with Gasteiger partial charge in [-0.15, -0.1) is 0 Å². The van der Waals surface area contributed by atoms with Crippen LogP contribution in [0.1, 0.15) is 36.8 Å². The number of carbonyl (C=O) groups excluding carboxylic acids is 1. The second-order valence-electron chi connectivity index (χ2n) is 7.93. The number of rotatable bonds is 3. The van der Waals surface area contributed by atoms with Crippen LogP contribution < -0.4 is 5.43 Å². The van der Waals surface area contributed by atoms with Crippen molar-refractivity contribution in [1.29, 1.82) is 0 Å². The number of likely N-dealkylation sites (tertiary alicyclic amines) is 1. The minimum atomic E-state index is -0.342. The average molecular weight is 363 g/mol. The molecule has 4 atom stereocenters. The van der Waals surface area contributed by atoms with Crippen molar-refractivity contribution in [3.63, 3.8) is 0 Å². The lowest BCUT2D eigenvalue weighted by atomic mass is 9.90. The largest absolute Gasteiger partial charge is 0.335 e. The summed E-state index contributed by atoms with van der Waals surface area (Å²) in [7, 11) is 0. The van der Waals surface area contributed by atoms with Gasteiger partial charge in [-0.25, -0.2) is 15.0 Å². The highest BCUT2D eigenvalue weighted by Crippen LogP contribution is 2.47. The van der Waals surface area contributed by atoms with Crippen molar-refractivity contribution >= 4 is 18.0 Å². The van der Waals surface area contributed by atoms with Crippen LogP contribution in [0.15, 0.2) is 46.5 Å². The van der Waals surface area contributed by atoms with Gasteiger partial charge < -0.3 is 4.90 Å². The van der Waals surface area contributed by atoms with Crippen LogP contribution in [0.25, 0.3) is 0 Å². The Bertz CT molecular complexity index is 831. The van der Waals surface area contributed by atoms with Crippen LogP contribution in [0.2, 0.25) is 0 Å². The zero-order chi connectivity index (χ0) is 18.4. The first-order valence-electron chi connectivity index (χ1n) is 9.92. The molecule has 6 nitrogen and oxygen atoms in total. The lowest BCUT2D eigenvalue weighted by Crippen LogP contribution is -2.45. The fourth-order valence-corrected chi connectivity index (χ4v) is 5.09. The number of hydrazine groups is 1. The number of nitrogens with one attached hydrogen (secondary N) is 1. The summed E-state index contributed by atoms with van der Waals surface area (Å²) in [6, 6.07) is 8.86. The molecule has 6 heteroatoms. The lowest BCUT2D eigenvalue weighted by Gasteiger charge is -2.22. The van der Waals surface area contributed by atoms with Gasteiger partial charge in [0.05, 0.1) is 0 Å². The summed E-state index contributed by atoms with van der Waals surface area (Å²) in [5.74, 6) is 2.27. The number of benzene rings is 1. The summed E-state index contributed by atoms with van der Waals surface area (Å²) in [5, 5.41) is 1.77. The van der Waals surface area contributed by atoms with Crippen molar-refractivity contribution in [1.82, 2.24) is 15.3 Å². The Morgan fingerprint density at radius 1 is 1.22 bits per heavy atom. The predicted octanol–water partition coefficient (Wildman–Crippen LogP) is 2.30. The molecular weight excluding hydrogens is 338 g/mol. The van der Waals surface area contributed by atoms with Crippen molar-refractivity contribution in [2.45, 2.75) is 38.4 Å². The standard InChI is InChI=1S/C21H25N5O/c1-2-14-6-3-4-7-18(14)15-10-16-12-25(13-17(16)11-15)20(27)19-23-21-22-8-5-9-26(21)24-19/h3-9,15-17,21H,2,10-13H2,1H3,(H,23,24)/t15?,16-,17+,21?. The molecule has 1 saturated heterocycles. The van der Waals surface area contributed by atoms with Crippen LogP contribution >= 0.6 is 0 Å². The monoisotopic (exact) mass is 363 g/mol. The number of carbonyl (C=O) groups is 1. The van der Waals surface area contributed by atoms with E-state index in [1.807, 2.05) is 17.2 Å². The molecule has 1 saturated carbocycles. The first-order valence-corrected chi connectivity index (χ1v) is 9.92. The fraction of sp³-hybridized carbons (Fsp3) is 0.476. The number of allylic oxidation sites excluding steroid dienone is 1. The molecule has 2 unspecified atom stereocenters. The maximum atomic E-state index is 12.9. The highest BCUT2D eigenvalue weighted by molar-refractivity contribution is 6.38. The van der Waals surface area contributed by atoms with E-state index in [1.54, 1.807) is 11.2 Å². The number of hydrogen-bond acceptors (Lipinski definition) is 5. The van der Waals surface area contributed by atoms with E-state index in [-0.39, 0.29) is 12.2 Å². The van der Waals surface area contributed by atoms with E-state index in [9.17, 15) is 4.79 Å². The summed E-state index contributed by atoms with van der Waals surface area (Å²) < 4.78 is 0. The minimum absolute atomic E-state index is 0.00732. The number of amides is 1. The first-order chi connectivity index (χ1) is 13.2. The second-order valence-corrected chi connectivity index (χ2v) is 7.93. The van der Waals surface area contributed by atoms with Crippen LogP contribution in [0, 0.1) is 11.8 Å². The minimum Gasteiger partial charge on any atom is -0.335 e. The molecule has 5 rings (SSSR count). The molecule has 0 radical (unpaired) electrons. The Balaban J connectivity index is 1.24. The van der Waals surface area contributed by atoms with E-state index in [0.717, 1.165) is 19.5 Å². The Morgan fingerprint density at radius 2 is 2.00 bits per heavy atom. The third-order valence-electron chi connectivity index (χ3n) is 6.40. The zero-order valence-corrected chi connectivity index (χ0v) is 15.6. The molecule has 1 aliphatic carbocycles. The van der Waals surface area contributed by atoms with E-state index in [1.165, 1.54) is 24.0 Å². The van der Waals surface area contributed by atoms with Crippen molar-refractivity contribution in [3.8, 4) is 0 Å². The molecule has 1 amide bonds. The van der Waals surface area contributed by atoms with Gasteiger partial charge in [-0.2, -0.15) is 0 Å². The Hall–Kier alpha value is -2.63. The topological polar surface area (TPSA) is 60.3 Å². The van der Waals surface area contributed by atoms with E-state index < -0.39 is 0 Å². The van der Waals surface area contributed by atoms with Gasteiger partial charge in [0.2, 0.25) is 12.1 Å². The third kappa shape index (κ3) is 2.83. The number of amidine groups is 1. The summed E-state index contributed by atoms with van der Waals surface area (Å²) >= 11 is 0. The van der Waals surface area contributed by atoms with Crippen LogP contribution in [0.4, 0.5) is 0 Å². The molecular formula is C21H25N5O. The second kappa shape index (κ2) is 6.51. The zero-order valence-electron chi connectivity index (χ0n) is 15.6. The number of nitrogens with zero attached hydrogens (tertiary/aromatic N) is 4. The average Bonchev–Trinajstić information content (AvgIpc) is 3.39.